The van der Waals surface area contributed by atoms with Gasteiger partial charge in [0.05, 0.1) is 11.5 Å². The van der Waals surface area contributed by atoms with E-state index in [4.69, 9.17) is 4.74 Å². The van der Waals surface area contributed by atoms with Gasteiger partial charge in [-0.3, -0.25) is 10.1 Å². The molecule has 0 saturated carbocycles. The van der Waals surface area contributed by atoms with Crippen LogP contribution in [-0.4, -0.2) is 31.2 Å². The Bertz CT molecular complexity index is 712. The summed E-state index contributed by atoms with van der Waals surface area (Å²) < 4.78 is 35.1. The van der Waals surface area contributed by atoms with E-state index in [9.17, 15) is 18.9 Å². The molecule has 0 amide bonds. The van der Waals surface area contributed by atoms with Crippen LogP contribution in [0.25, 0.3) is 0 Å². The van der Waals surface area contributed by atoms with Crippen molar-refractivity contribution >= 4 is 22.7 Å². The highest BCUT2D eigenvalue weighted by Gasteiger charge is 2.25. The lowest BCUT2D eigenvalue weighted by atomic mass is 10.2. The summed E-state index contributed by atoms with van der Waals surface area (Å²) in [5.41, 5.74) is 0.100. The fourth-order valence-corrected chi connectivity index (χ4v) is 3.34. The molecule has 1 saturated heterocycles. The van der Waals surface area contributed by atoms with Gasteiger partial charge in [0, 0.05) is 35.8 Å². The van der Waals surface area contributed by atoms with Crippen molar-refractivity contribution in [2.45, 2.75) is 12.7 Å². The molecule has 128 valence electrons. The maximum absolute atomic E-state index is 12.5. The van der Waals surface area contributed by atoms with E-state index in [1.807, 2.05) is 22.4 Å². The summed E-state index contributed by atoms with van der Waals surface area (Å²) in [4.78, 5) is 13.2. The maximum Gasteiger partial charge on any atom is 0.387 e. The fraction of sp³-hybridized carbons (Fsp3) is 0.333. The zero-order valence-corrected chi connectivity index (χ0v) is 13.2. The molecule has 1 aromatic carbocycles. The number of thiophene rings is 1. The number of anilines is 1. The second-order valence-electron chi connectivity index (χ2n) is 5.11. The van der Waals surface area contributed by atoms with Gasteiger partial charge in [-0.05, 0) is 17.5 Å². The molecule has 0 aliphatic carbocycles. The average Bonchev–Trinajstić information content (AvgIpc) is 3.08. The highest BCUT2D eigenvalue weighted by atomic mass is 32.1. The van der Waals surface area contributed by atoms with Crippen LogP contribution in [0.3, 0.4) is 0 Å². The molecule has 1 aliphatic heterocycles. The predicted molar refractivity (Wildman–Crippen MR) is 85.0 cm³/mol. The Hall–Kier alpha value is -2.26. The van der Waals surface area contributed by atoms with Crippen LogP contribution in [0, 0.1) is 10.1 Å². The SMILES string of the molecule is O=[N+]([O-])c1ccc(N2CCOC(c3cccs3)C2)cc1OC(F)F. The number of ether oxygens (including phenoxy) is 2. The van der Waals surface area contributed by atoms with Crippen LogP contribution < -0.4 is 9.64 Å². The smallest absolute Gasteiger partial charge is 0.387 e. The van der Waals surface area contributed by atoms with Gasteiger partial charge in [0.2, 0.25) is 5.75 Å². The maximum atomic E-state index is 12.5. The molecule has 1 aliphatic rings. The first-order chi connectivity index (χ1) is 11.5. The summed E-state index contributed by atoms with van der Waals surface area (Å²) in [5.74, 6) is -0.438. The molecule has 1 aromatic heterocycles. The van der Waals surface area contributed by atoms with Crippen LogP contribution >= 0.6 is 11.3 Å². The Labute approximate surface area is 140 Å². The lowest BCUT2D eigenvalue weighted by Gasteiger charge is -2.34. The summed E-state index contributed by atoms with van der Waals surface area (Å²) in [6.45, 7) is -1.55. The Morgan fingerprint density at radius 1 is 1.42 bits per heavy atom. The summed E-state index contributed by atoms with van der Waals surface area (Å²) in [6.07, 6.45) is -0.117. The molecule has 24 heavy (non-hydrogen) atoms. The second-order valence-corrected chi connectivity index (χ2v) is 6.09. The monoisotopic (exact) mass is 356 g/mol. The molecule has 1 atom stereocenters. The first kappa shape index (κ1) is 16.6. The number of alkyl halides is 2. The van der Waals surface area contributed by atoms with E-state index >= 15 is 0 Å². The minimum atomic E-state index is -3.12. The van der Waals surface area contributed by atoms with E-state index in [-0.39, 0.29) is 6.10 Å². The molecule has 0 N–H and O–H groups in total. The van der Waals surface area contributed by atoms with Gasteiger partial charge < -0.3 is 14.4 Å². The van der Waals surface area contributed by atoms with E-state index in [1.54, 1.807) is 11.3 Å². The standard InChI is InChI=1S/C15H14F2N2O4S/c16-15(17)23-12-8-10(3-4-11(12)19(20)21)18-5-6-22-13(9-18)14-2-1-7-24-14/h1-4,7-8,13,15H,5-6,9H2. The molecule has 3 rings (SSSR count). The molecular weight excluding hydrogens is 342 g/mol. The van der Waals surface area contributed by atoms with Gasteiger partial charge in [-0.25, -0.2) is 0 Å². The Morgan fingerprint density at radius 3 is 2.92 bits per heavy atom. The molecule has 0 spiro atoms. The molecule has 1 unspecified atom stereocenters. The summed E-state index contributed by atoms with van der Waals surface area (Å²) in [5, 5.41) is 12.9. The molecule has 1 fully saturated rings. The van der Waals surface area contributed by atoms with Gasteiger partial charge in [-0.1, -0.05) is 6.07 Å². The van der Waals surface area contributed by atoms with E-state index in [2.05, 4.69) is 4.74 Å². The molecule has 9 heteroatoms. The number of morpholine rings is 1. The first-order valence-corrected chi connectivity index (χ1v) is 8.06. The molecular formula is C15H14F2N2O4S. The molecule has 0 radical (unpaired) electrons. The quantitative estimate of drug-likeness (QED) is 0.602. The van der Waals surface area contributed by atoms with Gasteiger partial charge in [0.1, 0.15) is 6.10 Å². The minimum Gasteiger partial charge on any atom is -0.427 e. The third kappa shape index (κ3) is 3.62. The third-order valence-corrected chi connectivity index (χ3v) is 4.61. The van der Waals surface area contributed by atoms with Gasteiger partial charge >= 0.3 is 12.3 Å². The third-order valence-electron chi connectivity index (χ3n) is 3.65. The van der Waals surface area contributed by atoms with E-state index < -0.39 is 23.0 Å². The van der Waals surface area contributed by atoms with E-state index in [0.29, 0.717) is 25.4 Å². The molecule has 2 aromatic rings. The first-order valence-electron chi connectivity index (χ1n) is 7.18. The fourth-order valence-electron chi connectivity index (χ4n) is 2.57. The zero-order valence-electron chi connectivity index (χ0n) is 12.4. The summed E-state index contributed by atoms with van der Waals surface area (Å²) >= 11 is 1.58. The molecule has 0 bridgehead atoms. The molecule has 2 heterocycles. The van der Waals surface area contributed by atoms with Crippen molar-refractivity contribution in [3.8, 4) is 5.75 Å². The number of benzene rings is 1. The van der Waals surface area contributed by atoms with Crippen molar-refractivity contribution in [1.29, 1.82) is 0 Å². The van der Waals surface area contributed by atoms with Crippen molar-refractivity contribution < 1.29 is 23.2 Å². The minimum absolute atomic E-state index is 0.117. The number of hydrogen-bond donors (Lipinski definition) is 0. The topological polar surface area (TPSA) is 64.8 Å². The summed E-state index contributed by atoms with van der Waals surface area (Å²) in [7, 11) is 0. The predicted octanol–water partition coefficient (Wildman–Crippen LogP) is 3.84. The number of nitrogens with zero attached hydrogens (tertiary/aromatic N) is 2. The van der Waals surface area contributed by atoms with Crippen LogP contribution in [-0.2, 0) is 4.74 Å². The van der Waals surface area contributed by atoms with Crippen molar-refractivity contribution in [3.05, 3.63) is 50.7 Å². The van der Waals surface area contributed by atoms with Crippen LogP contribution in [0.1, 0.15) is 11.0 Å². The Kier molecular flexibility index (Phi) is 4.91. The zero-order chi connectivity index (χ0) is 17.1. The van der Waals surface area contributed by atoms with Crippen LogP contribution in [0.15, 0.2) is 35.7 Å². The van der Waals surface area contributed by atoms with Crippen molar-refractivity contribution in [2.24, 2.45) is 0 Å². The number of nitro groups is 1. The highest BCUT2D eigenvalue weighted by molar-refractivity contribution is 7.10. The molecule has 6 nitrogen and oxygen atoms in total. The van der Waals surface area contributed by atoms with Crippen molar-refractivity contribution in [3.63, 3.8) is 0 Å². The number of halogens is 2. The number of hydrogen-bond acceptors (Lipinski definition) is 6. The van der Waals surface area contributed by atoms with Crippen LogP contribution in [0.2, 0.25) is 0 Å². The Balaban J connectivity index is 1.84. The van der Waals surface area contributed by atoms with E-state index in [1.165, 1.54) is 18.2 Å². The van der Waals surface area contributed by atoms with Gasteiger partial charge in [0.15, 0.2) is 0 Å². The number of rotatable bonds is 5. The Morgan fingerprint density at radius 2 is 2.25 bits per heavy atom. The lowest BCUT2D eigenvalue weighted by Crippen LogP contribution is -2.38. The lowest BCUT2D eigenvalue weighted by molar-refractivity contribution is -0.386. The van der Waals surface area contributed by atoms with Crippen LogP contribution in [0.4, 0.5) is 20.2 Å². The van der Waals surface area contributed by atoms with Crippen molar-refractivity contribution in [1.82, 2.24) is 0 Å². The second kappa shape index (κ2) is 7.10. The average molecular weight is 356 g/mol. The van der Waals surface area contributed by atoms with Crippen molar-refractivity contribution in [2.75, 3.05) is 24.6 Å². The van der Waals surface area contributed by atoms with Gasteiger partial charge in [-0.2, -0.15) is 8.78 Å². The highest BCUT2D eigenvalue weighted by Crippen LogP contribution is 2.35. The normalized spacial score (nSPS) is 18.0. The summed E-state index contributed by atoms with van der Waals surface area (Å²) in [6, 6.07) is 7.90. The van der Waals surface area contributed by atoms with Gasteiger partial charge in [0.25, 0.3) is 0 Å². The van der Waals surface area contributed by atoms with Crippen LogP contribution in [0.5, 0.6) is 5.75 Å². The van der Waals surface area contributed by atoms with Gasteiger partial charge in [-0.15, -0.1) is 11.3 Å². The van der Waals surface area contributed by atoms with E-state index in [0.717, 1.165) is 4.88 Å². The number of nitro benzene ring substituents is 1. The largest absolute Gasteiger partial charge is 0.427 e.